The molecule has 2 aromatic heterocycles. The van der Waals surface area contributed by atoms with Gasteiger partial charge in [-0.15, -0.1) is 0 Å². The number of nitrogens with zero attached hydrogens (tertiary/aromatic N) is 3. The molecule has 9 nitrogen and oxygen atoms in total. The number of anilines is 1. The van der Waals surface area contributed by atoms with Crippen LogP contribution in [0.5, 0.6) is 0 Å². The van der Waals surface area contributed by atoms with Crippen molar-refractivity contribution in [2.24, 2.45) is 4.99 Å². The summed E-state index contributed by atoms with van der Waals surface area (Å²) in [6.45, 7) is 7.28. The van der Waals surface area contributed by atoms with Gasteiger partial charge in [0.1, 0.15) is 0 Å². The van der Waals surface area contributed by atoms with E-state index in [-0.39, 0.29) is 16.3 Å². The van der Waals surface area contributed by atoms with Gasteiger partial charge < -0.3 is 4.52 Å². The van der Waals surface area contributed by atoms with E-state index in [1.165, 1.54) is 16.8 Å². The number of aromatic nitrogens is 3. The number of aryl methyl sites for hydroxylation is 2. The molecule has 0 fully saturated rings. The highest BCUT2D eigenvalue weighted by molar-refractivity contribution is 7.92. The number of benzene rings is 2. The molecular weight excluding hydrogens is 466 g/mol. The van der Waals surface area contributed by atoms with Crippen molar-refractivity contribution >= 4 is 27.3 Å². The summed E-state index contributed by atoms with van der Waals surface area (Å²) in [6.07, 6.45) is 1.55. The summed E-state index contributed by atoms with van der Waals surface area (Å²) >= 11 is 0. The summed E-state index contributed by atoms with van der Waals surface area (Å²) in [5.74, 6) is 0.0889. The largest absolute Gasteiger partial charge is 0.337 e. The molecule has 0 unspecified atom stereocenters. The summed E-state index contributed by atoms with van der Waals surface area (Å²) in [5, 5.41) is 6.98. The molecular formula is C25H27N5O4S. The number of sulfonamides is 1. The zero-order valence-electron chi connectivity index (χ0n) is 20.0. The Bertz CT molecular complexity index is 1530. The highest BCUT2D eigenvalue weighted by atomic mass is 32.2. The molecule has 0 radical (unpaired) electrons. The number of aromatic amines is 1. The Kier molecular flexibility index (Phi) is 6.74. The van der Waals surface area contributed by atoms with E-state index in [0.717, 1.165) is 17.8 Å². The van der Waals surface area contributed by atoms with Gasteiger partial charge in [-0.05, 0) is 63.6 Å². The Labute approximate surface area is 203 Å². The topological polar surface area (TPSA) is 122 Å². The SMILES string of the molecule is CCCc1[nH]n(-c2ccccc2)c(=O)c1C(C)=Nc1ccc(S(=O)(=O)Nc2onc(C)c2C)cc1. The lowest BCUT2D eigenvalue weighted by molar-refractivity contribution is 0.430. The molecule has 0 saturated carbocycles. The molecule has 0 atom stereocenters. The van der Waals surface area contributed by atoms with Gasteiger partial charge in [-0.2, -0.15) is 0 Å². The van der Waals surface area contributed by atoms with Gasteiger partial charge in [0.05, 0.1) is 33.2 Å². The fraction of sp³-hybridized carbons (Fsp3) is 0.240. The summed E-state index contributed by atoms with van der Waals surface area (Å²) < 4.78 is 34.5. The fourth-order valence-corrected chi connectivity index (χ4v) is 4.73. The third-order valence-electron chi connectivity index (χ3n) is 5.67. The molecule has 182 valence electrons. The fourth-order valence-electron chi connectivity index (χ4n) is 3.69. The van der Waals surface area contributed by atoms with E-state index in [9.17, 15) is 13.2 Å². The number of rotatable bonds is 8. The predicted molar refractivity (Wildman–Crippen MR) is 135 cm³/mol. The van der Waals surface area contributed by atoms with Crippen LogP contribution in [0.25, 0.3) is 5.69 Å². The zero-order chi connectivity index (χ0) is 25.2. The Morgan fingerprint density at radius 1 is 1.11 bits per heavy atom. The van der Waals surface area contributed by atoms with Crippen LogP contribution in [0.4, 0.5) is 11.6 Å². The van der Waals surface area contributed by atoms with Crippen molar-refractivity contribution in [2.45, 2.75) is 45.4 Å². The molecule has 0 amide bonds. The van der Waals surface area contributed by atoms with Crippen LogP contribution in [0.3, 0.4) is 0 Å². The minimum atomic E-state index is -3.86. The second kappa shape index (κ2) is 9.75. The van der Waals surface area contributed by atoms with Gasteiger partial charge in [0.25, 0.3) is 15.6 Å². The normalized spacial score (nSPS) is 12.2. The minimum Gasteiger partial charge on any atom is -0.337 e. The minimum absolute atomic E-state index is 0.0577. The van der Waals surface area contributed by atoms with Gasteiger partial charge in [-0.25, -0.2) is 17.8 Å². The first-order chi connectivity index (χ1) is 16.7. The van der Waals surface area contributed by atoms with Crippen LogP contribution in [0.15, 0.2) is 73.8 Å². The molecule has 2 aromatic carbocycles. The quantitative estimate of drug-likeness (QED) is 0.346. The van der Waals surface area contributed by atoms with Crippen molar-refractivity contribution in [2.75, 3.05) is 4.72 Å². The molecule has 2 N–H and O–H groups in total. The van der Waals surface area contributed by atoms with E-state index in [4.69, 9.17) is 4.52 Å². The van der Waals surface area contributed by atoms with Crippen LogP contribution in [-0.4, -0.2) is 29.1 Å². The first-order valence-corrected chi connectivity index (χ1v) is 12.7. The molecule has 10 heteroatoms. The summed E-state index contributed by atoms with van der Waals surface area (Å²) in [4.78, 5) is 17.9. The number of nitrogens with one attached hydrogen (secondary N) is 2. The first-order valence-electron chi connectivity index (χ1n) is 11.2. The molecule has 2 heterocycles. The van der Waals surface area contributed by atoms with Crippen LogP contribution in [0.1, 0.15) is 42.8 Å². The van der Waals surface area contributed by atoms with Gasteiger partial charge in [-0.3, -0.25) is 14.9 Å². The Balaban J connectivity index is 1.64. The second-order valence-electron chi connectivity index (χ2n) is 8.21. The maximum absolute atomic E-state index is 13.2. The van der Waals surface area contributed by atoms with Crippen molar-refractivity contribution in [1.82, 2.24) is 14.9 Å². The number of hydrogen-bond donors (Lipinski definition) is 2. The zero-order valence-corrected chi connectivity index (χ0v) is 20.8. The van der Waals surface area contributed by atoms with E-state index in [2.05, 4.69) is 20.0 Å². The molecule has 0 aliphatic rings. The van der Waals surface area contributed by atoms with Gasteiger partial charge in [0, 0.05) is 11.3 Å². The van der Waals surface area contributed by atoms with Gasteiger partial charge >= 0.3 is 0 Å². The van der Waals surface area contributed by atoms with Crippen molar-refractivity contribution < 1.29 is 12.9 Å². The molecule has 0 saturated heterocycles. The van der Waals surface area contributed by atoms with Crippen molar-refractivity contribution in [3.05, 3.63) is 87.5 Å². The van der Waals surface area contributed by atoms with Crippen LogP contribution in [0, 0.1) is 13.8 Å². The average Bonchev–Trinajstić information content (AvgIpc) is 3.33. The monoisotopic (exact) mass is 493 g/mol. The van der Waals surface area contributed by atoms with E-state index < -0.39 is 10.0 Å². The molecule has 4 aromatic rings. The smallest absolute Gasteiger partial charge is 0.280 e. The molecule has 0 bridgehead atoms. The summed E-state index contributed by atoms with van der Waals surface area (Å²) in [6, 6.07) is 15.5. The summed E-state index contributed by atoms with van der Waals surface area (Å²) in [7, 11) is -3.86. The van der Waals surface area contributed by atoms with Crippen molar-refractivity contribution in [1.29, 1.82) is 0 Å². The Hall–Kier alpha value is -3.92. The van der Waals surface area contributed by atoms with Crippen molar-refractivity contribution in [3.8, 4) is 5.69 Å². The van der Waals surface area contributed by atoms with Crippen LogP contribution >= 0.6 is 0 Å². The molecule has 0 aliphatic carbocycles. The van der Waals surface area contributed by atoms with Crippen LogP contribution < -0.4 is 10.3 Å². The van der Waals surface area contributed by atoms with E-state index in [0.29, 0.717) is 34.6 Å². The maximum atomic E-state index is 13.2. The molecule has 4 rings (SSSR count). The number of hydrogen-bond acceptors (Lipinski definition) is 6. The lowest BCUT2D eigenvalue weighted by Gasteiger charge is -2.06. The third kappa shape index (κ3) is 4.97. The first kappa shape index (κ1) is 24.2. The highest BCUT2D eigenvalue weighted by Crippen LogP contribution is 2.24. The van der Waals surface area contributed by atoms with Gasteiger partial charge in [0.15, 0.2) is 0 Å². The van der Waals surface area contributed by atoms with Crippen molar-refractivity contribution in [3.63, 3.8) is 0 Å². The van der Waals surface area contributed by atoms with Crippen LogP contribution in [-0.2, 0) is 16.4 Å². The number of para-hydroxylation sites is 1. The Morgan fingerprint density at radius 2 is 1.80 bits per heavy atom. The molecule has 0 aliphatic heterocycles. The molecule has 0 spiro atoms. The van der Waals surface area contributed by atoms with Crippen LogP contribution in [0.2, 0.25) is 0 Å². The van der Waals surface area contributed by atoms with E-state index >= 15 is 0 Å². The predicted octanol–water partition coefficient (Wildman–Crippen LogP) is 4.66. The number of H-pyrrole nitrogens is 1. The third-order valence-corrected chi connectivity index (χ3v) is 7.02. The highest BCUT2D eigenvalue weighted by Gasteiger charge is 2.20. The maximum Gasteiger partial charge on any atom is 0.280 e. The summed E-state index contributed by atoms with van der Waals surface area (Å²) in [5.41, 5.74) is 4.21. The Morgan fingerprint density at radius 3 is 2.40 bits per heavy atom. The second-order valence-corrected chi connectivity index (χ2v) is 9.89. The standard InChI is InChI=1S/C25H27N5O4S/c1-5-9-22-23(25(31)30(27-22)20-10-7-6-8-11-20)18(4)26-19-12-14-21(15-13-19)35(32,33)29-24-16(2)17(3)28-34-24/h6-8,10-15,27,29H,5,9H2,1-4H3. The van der Waals surface area contributed by atoms with E-state index in [1.807, 2.05) is 37.3 Å². The average molecular weight is 494 g/mol. The van der Waals surface area contributed by atoms with Gasteiger partial charge in [0.2, 0.25) is 5.88 Å². The molecule has 35 heavy (non-hydrogen) atoms. The number of aliphatic imine (C=N–C) groups is 1. The lowest BCUT2D eigenvalue weighted by Crippen LogP contribution is -2.19. The lowest BCUT2D eigenvalue weighted by atomic mass is 10.1. The van der Waals surface area contributed by atoms with Gasteiger partial charge in [-0.1, -0.05) is 36.7 Å². The van der Waals surface area contributed by atoms with E-state index in [1.54, 1.807) is 32.9 Å².